The number of benzene rings is 1. The molecule has 0 bridgehead atoms. The summed E-state index contributed by atoms with van der Waals surface area (Å²) >= 11 is 5.08. The number of nitrogens with zero attached hydrogens (tertiary/aromatic N) is 1. The van der Waals surface area contributed by atoms with Crippen LogP contribution in [0.15, 0.2) is 24.3 Å². The van der Waals surface area contributed by atoms with Gasteiger partial charge in [0.2, 0.25) is 11.9 Å². The topological polar surface area (TPSA) is 83.8 Å². The number of carbonyl (C=O) groups is 1. The Labute approximate surface area is 122 Å². The van der Waals surface area contributed by atoms with Gasteiger partial charge in [-0.25, -0.2) is 4.98 Å². The molecular formula is C14H16N4OS. The molecule has 1 aromatic carbocycles. The average Bonchev–Trinajstić information content (AvgIpc) is 2.76. The van der Waals surface area contributed by atoms with E-state index in [0.717, 1.165) is 11.0 Å². The molecule has 6 heteroatoms. The summed E-state index contributed by atoms with van der Waals surface area (Å²) in [5, 5.41) is 2.80. The van der Waals surface area contributed by atoms with Crippen molar-refractivity contribution in [3.8, 4) is 0 Å². The van der Waals surface area contributed by atoms with Crippen LogP contribution in [0.1, 0.15) is 19.8 Å². The van der Waals surface area contributed by atoms with Crippen LogP contribution in [0.2, 0.25) is 0 Å². The quantitative estimate of drug-likeness (QED) is 0.756. The summed E-state index contributed by atoms with van der Waals surface area (Å²) in [4.78, 5) is 20.1. The van der Waals surface area contributed by atoms with Gasteiger partial charge in [0.1, 0.15) is 0 Å². The molecule has 1 aromatic heterocycles. The fourth-order valence-electron chi connectivity index (χ4n) is 2.87. The van der Waals surface area contributed by atoms with Gasteiger partial charge in [-0.05, 0) is 30.9 Å². The Bertz CT molecular complexity index is 654. The Morgan fingerprint density at radius 2 is 2.20 bits per heavy atom. The molecule has 1 aliphatic rings. The van der Waals surface area contributed by atoms with Gasteiger partial charge >= 0.3 is 0 Å². The summed E-state index contributed by atoms with van der Waals surface area (Å²) in [6.07, 6.45) is 1.41. The highest BCUT2D eigenvalue weighted by Crippen LogP contribution is 2.46. The first-order valence-electron chi connectivity index (χ1n) is 6.57. The summed E-state index contributed by atoms with van der Waals surface area (Å²) in [5.41, 5.74) is 6.75. The van der Waals surface area contributed by atoms with E-state index >= 15 is 0 Å². The Balaban J connectivity index is 1.83. The highest BCUT2D eigenvalue weighted by Gasteiger charge is 2.51. The number of rotatable bonds is 3. The molecule has 0 spiro atoms. The normalized spacial score (nSPS) is 25.1. The van der Waals surface area contributed by atoms with Gasteiger partial charge in [-0.3, -0.25) is 10.1 Å². The Morgan fingerprint density at radius 3 is 2.80 bits per heavy atom. The molecule has 0 aliphatic heterocycles. The summed E-state index contributed by atoms with van der Waals surface area (Å²) in [7, 11) is 0. The van der Waals surface area contributed by atoms with Crippen molar-refractivity contribution in [3.63, 3.8) is 0 Å². The molecule has 1 saturated carbocycles. The van der Waals surface area contributed by atoms with Crippen LogP contribution < -0.4 is 11.1 Å². The number of carbonyl (C=O) groups excluding carboxylic acids is 1. The number of anilines is 1. The number of nitrogens with one attached hydrogen (secondary N) is 2. The van der Waals surface area contributed by atoms with Crippen LogP contribution in [-0.4, -0.2) is 20.9 Å². The lowest BCUT2D eigenvalue weighted by Crippen LogP contribution is -2.54. The first-order valence-corrected chi connectivity index (χ1v) is 6.98. The van der Waals surface area contributed by atoms with Crippen LogP contribution in [0.4, 0.5) is 5.95 Å². The minimum atomic E-state index is -0.715. The summed E-state index contributed by atoms with van der Waals surface area (Å²) in [5.74, 6) is 0.742. The van der Waals surface area contributed by atoms with Gasteiger partial charge in [-0.2, -0.15) is 0 Å². The second-order valence-electron chi connectivity index (χ2n) is 5.52. The lowest BCUT2D eigenvalue weighted by Gasteiger charge is -2.43. The summed E-state index contributed by atoms with van der Waals surface area (Å²) in [6, 6.07) is 7.61. The van der Waals surface area contributed by atoms with E-state index in [9.17, 15) is 4.79 Å². The van der Waals surface area contributed by atoms with Crippen molar-refractivity contribution in [3.05, 3.63) is 24.3 Å². The van der Waals surface area contributed by atoms with Gasteiger partial charge in [0, 0.05) is 0 Å². The second-order valence-corrected chi connectivity index (χ2v) is 5.96. The minimum absolute atomic E-state index is 0.165. The van der Waals surface area contributed by atoms with E-state index in [2.05, 4.69) is 22.2 Å². The van der Waals surface area contributed by atoms with E-state index in [4.69, 9.17) is 18.0 Å². The van der Waals surface area contributed by atoms with E-state index in [1.165, 1.54) is 0 Å². The highest BCUT2D eigenvalue weighted by molar-refractivity contribution is 7.80. The molecule has 1 amide bonds. The predicted octanol–water partition coefficient (Wildman–Crippen LogP) is 2.20. The van der Waals surface area contributed by atoms with Crippen LogP contribution in [0, 0.1) is 11.3 Å². The fraction of sp³-hybridized carbons (Fsp3) is 0.357. The van der Waals surface area contributed by atoms with Crippen LogP contribution >= 0.6 is 12.2 Å². The van der Waals surface area contributed by atoms with E-state index in [-0.39, 0.29) is 10.9 Å². The number of thiocarbonyl (C=S) groups is 1. The van der Waals surface area contributed by atoms with Crippen molar-refractivity contribution in [1.82, 2.24) is 9.97 Å². The molecule has 0 saturated heterocycles. The molecule has 20 heavy (non-hydrogen) atoms. The smallest absolute Gasteiger partial charge is 0.239 e. The molecule has 1 heterocycles. The number of aromatic nitrogens is 2. The Kier molecular flexibility index (Phi) is 2.97. The van der Waals surface area contributed by atoms with E-state index in [1.54, 1.807) is 0 Å². The maximum absolute atomic E-state index is 12.4. The SMILES string of the molecule is CC1CC(C(=O)Nc2nc3ccccc3[nH]2)(C(N)=S)C1. The molecule has 2 aromatic rings. The largest absolute Gasteiger partial charge is 0.392 e. The van der Waals surface area contributed by atoms with Gasteiger partial charge in [0.15, 0.2) is 0 Å². The third kappa shape index (κ3) is 1.96. The van der Waals surface area contributed by atoms with Crippen molar-refractivity contribution in [2.75, 3.05) is 5.32 Å². The minimum Gasteiger partial charge on any atom is -0.392 e. The van der Waals surface area contributed by atoms with Crippen molar-refractivity contribution in [2.45, 2.75) is 19.8 Å². The number of hydrogen-bond acceptors (Lipinski definition) is 3. The molecule has 0 radical (unpaired) electrons. The van der Waals surface area contributed by atoms with Crippen LogP contribution in [-0.2, 0) is 4.79 Å². The van der Waals surface area contributed by atoms with Crippen molar-refractivity contribution < 1.29 is 4.79 Å². The zero-order valence-corrected chi connectivity index (χ0v) is 12.0. The number of imidazole rings is 1. The zero-order valence-electron chi connectivity index (χ0n) is 11.1. The molecule has 0 unspecified atom stereocenters. The molecule has 1 aliphatic carbocycles. The first-order chi connectivity index (χ1) is 9.51. The van der Waals surface area contributed by atoms with Gasteiger partial charge in [-0.15, -0.1) is 0 Å². The van der Waals surface area contributed by atoms with Gasteiger partial charge in [0.05, 0.1) is 21.4 Å². The third-order valence-electron chi connectivity index (χ3n) is 3.92. The molecule has 0 atom stereocenters. The number of nitrogens with two attached hydrogens (primary N) is 1. The maximum atomic E-state index is 12.4. The highest BCUT2D eigenvalue weighted by atomic mass is 32.1. The molecule has 3 rings (SSSR count). The number of hydrogen-bond donors (Lipinski definition) is 3. The molecular weight excluding hydrogens is 272 g/mol. The molecule has 104 valence electrons. The average molecular weight is 288 g/mol. The molecule has 5 nitrogen and oxygen atoms in total. The fourth-order valence-corrected chi connectivity index (χ4v) is 3.13. The van der Waals surface area contributed by atoms with Crippen LogP contribution in [0.25, 0.3) is 11.0 Å². The van der Waals surface area contributed by atoms with Crippen LogP contribution in [0.5, 0.6) is 0 Å². The van der Waals surface area contributed by atoms with E-state index in [0.29, 0.717) is 24.7 Å². The summed E-state index contributed by atoms with van der Waals surface area (Å²) < 4.78 is 0. The first kappa shape index (κ1) is 13.1. The van der Waals surface area contributed by atoms with Crippen molar-refractivity contribution >= 4 is 40.1 Å². The number of amides is 1. The summed E-state index contributed by atoms with van der Waals surface area (Å²) in [6.45, 7) is 2.09. The monoisotopic (exact) mass is 288 g/mol. The van der Waals surface area contributed by atoms with E-state index < -0.39 is 5.41 Å². The predicted molar refractivity (Wildman–Crippen MR) is 82.3 cm³/mol. The maximum Gasteiger partial charge on any atom is 0.239 e. The lowest BCUT2D eigenvalue weighted by atomic mass is 9.62. The Morgan fingerprint density at radius 1 is 1.50 bits per heavy atom. The van der Waals surface area contributed by atoms with E-state index in [1.807, 2.05) is 24.3 Å². The van der Waals surface area contributed by atoms with Crippen molar-refractivity contribution in [2.24, 2.45) is 17.1 Å². The third-order valence-corrected chi connectivity index (χ3v) is 4.31. The number of fused-ring (bicyclic) bond motifs is 1. The number of aromatic amines is 1. The lowest BCUT2D eigenvalue weighted by molar-refractivity contribution is -0.127. The van der Waals surface area contributed by atoms with Crippen LogP contribution in [0.3, 0.4) is 0 Å². The van der Waals surface area contributed by atoms with Gasteiger partial charge in [-0.1, -0.05) is 31.3 Å². The molecule has 4 N–H and O–H groups in total. The Hall–Kier alpha value is -1.95. The standard InChI is InChI=1S/C14H16N4OS/c1-8-6-14(7-8,11(15)20)12(19)18-13-16-9-4-2-3-5-10(9)17-13/h2-5,8H,6-7H2,1H3,(H2,15,20)(H2,16,17,18,19). The zero-order chi connectivity index (χ0) is 14.3. The molecule has 1 fully saturated rings. The second kappa shape index (κ2) is 4.56. The number of para-hydroxylation sites is 2. The van der Waals surface area contributed by atoms with Gasteiger partial charge in [0.25, 0.3) is 0 Å². The van der Waals surface area contributed by atoms with Crippen molar-refractivity contribution in [1.29, 1.82) is 0 Å². The van der Waals surface area contributed by atoms with Gasteiger partial charge < -0.3 is 10.7 Å². The number of H-pyrrole nitrogens is 1.